The Kier molecular flexibility index (Phi) is 4.05. The van der Waals surface area contributed by atoms with Gasteiger partial charge in [-0.3, -0.25) is 0 Å². The van der Waals surface area contributed by atoms with Gasteiger partial charge in [0, 0.05) is 17.5 Å². The molecule has 2 aromatic carbocycles. The van der Waals surface area contributed by atoms with E-state index in [4.69, 9.17) is 13.9 Å². The SMILES string of the molecule is Cc1c(C(=O)[O-])oc2ccc(S(=O)(=O)NCc3ccc4c(c3)OCO4)cc12. The lowest BCUT2D eigenvalue weighted by atomic mass is 10.1. The molecule has 0 saturated carbocycles. The molecule has 0 bridgehead atoms. The highest BCUT2D eigenvalue weighted by Crippen LogP contribution is 2.32. The molecule has 0 spiro atoms. The number of ether oxygens (including phenoxy) is 2. The zero-order chi connectivity index (χ0) is 19.2. The van der Waals surface area contributed by atoms with Crippen LogP contribution in [0, 0.1) is 6.92 Å². The molecule has 0 saturated heterocycles. The van der Waals surface area contributed by atoms with Crippen LogP contribution in [-0.4, -0.2) is 21.2 Å². The number of aromatic carboxylic acids is 1. The average Bonchev–Trinajstić information content (AvgIpc) is 3.24. The van der Waals surface area contributed by atoms with Crippen molar-refractivity contribution in [1.82, 2.24) is 4.72 Å². The largest absolute Gasteiger partial charge is 0.542 e. The van der Waals surface area contributed by atoms with E-state index >= 15 is 0 Å². The summed E-state index contributed by atoms with van der Waals surface area (Å²) in [5.41, 5.74) is 1.31. The number of hydrogen-bond donors (Lipinski definition) is 1. The van der Waals surface area contributed by atoms with Crippen LogP contribution in [0.15, 0.2) is 45.7 Å². The number of benzene rings is 2. The Hall–Kier alpha value is -3.04. The minimum Gasteiger partial charge on any atom is -0.542 e. The number of furan rings is 1. The third-order valence-corrected chi connectivity index (χ3v) is 5.71. The maximum atomic E-state index is 12.6. The third kappa shape index (κ3) is 3.11. The molecular formula is C18H14NO7S-. The van der Waals surface area contributed by atoms with Crippen molar-refractivity contribution in [3.05, 3.63) is 53.3 Å². The topological polar surface area (TPSA) is 118 Å². The first-order valence-electron chi connectivity index (χ1n) is 7.98. The molecule has 9 heteroatoms. The zero-order valence-corrected chi connectivity index (χ0v) is 15.0. The molecule has 3 aromatic rings. The summed E-state index contributed by atoms with van der Waals surface area (Å²) in [5.74, 6) is -0.579. The molecule has 0 unspecified atom stereocenters. The van der Waals surface area contributed by atoms with Crippen LogP contribution in [0.2, 0.25) is 0 Å². The van der Waals surface area contributed by atoms with Crippen LogP contribution in [0.1, 0.15) is 21.7 Å². The number of aryl methyl sites for hydroxylation is 1. The highest BCUT2D eigenvalue weighted by atomic mass is 32.2. The Bertz CT molecular complexity index is 1160. The molecule has 140 valence electrons. The van der Waals surface area contributed by atoms with Crippen molar-refractivity contribution < 1.29 is 32.2 Å². The lowest BCUT2D eigenvalue weighted by Crippen LogP contribution is -2.23. The van der Waals surface area contributed by atoms with Crippen LogP contribution in [0.25, 0.3) is 11.0 Å². The number of fused-ring (bicyclic) bond motifs is 2. The van der Waals surface area contributed by atoms with Gasteiger partial charge in [-0.15, -0.1) is 0 Å². The highest BCUT2D eigenvalue weighted by molar-refractivity contribution is 7.89. The summed E-state index contributed by atoms with van der Waals surface area (Å²) in [7, 11) is -3.82. The van der Waals surface area contributed by atoms with Gasteiger partial charge in [-0.05, 0) is 42.8 Å². The molecule has 0 atom stereocenters. The first kappa shape index (κ1) is 17.4. The van der Waals surface area contributed by atoms with Crippen molar-refractivity contribution in [2.24, 2.45) is 0 Å². The number of hydrogen-bond acceptors (Lipinski definition) is 7. The monoisotopic (exact) mass is 388 g/mol. The molecule has 0 amide bonds. The third-order valence-electron chi connectivity index (χ3n) is 4.31. The summed E-state index contributed by atoms with van der Waals surface area (Å²) in [4.78, 5) is 11.1. The zero-order valence-electron chi connectivity index (χ0n) is 14.1. The van der Waals surface area contributed by atoms with Crippen molar-refractivity contribution >= 4 is 27.0 Å². The number of sulfonamides is 1. The van der Waals surface area contributed by atoms with Gasteiger partial charge in [-0.2, -0.15) is 0 Å². The van der Waals surface area contributed by atoms with Gasteiger partial charge in [-0.25, -0.2) is 13.1 Å². The van der Waals surface area contributed by atoms with Gasteiger partial charge in [0.1, 0.15) is 11.6 Å². The molecule has 8 nitrogen and oxygen atoms in total. The number of carbonyl (C=O) groups is 1. The molecule has 0 fully saturated rings. The fourth-order valence-corrected chi connectivity index (χ4v) is 3.92. The highest BCUT2D eigenvalue weighted by Gasteiger charge is 2.19. The fourth-order valence-electron chi connectivity index (χ4n) is 2.87. The lowest BCUT2D eigenvalue weighted by molar-refractivity contribution is -0.257. The Morgan fingerprint density at radius 2 is 1.93 bits per heavy atom. The normalized spacial score (nSPS) is 13.2. The van der Waals surface area contributed by atoms with Crippen molar-refractivity contribution in [3.63, 3.8) is 0 Å². The van der Waals surface area contributed by atoms with E-state index in [1.54, 1.807) is 18.2 Å². The van der Waals surface area contributed by atoms with Gasteiger partial charge in [0.05, 0.1) is 4.90 Å². The van der Waals surface area contributed by atoms with Gasteiger partial charge >= 0.3 is 0 Å². The predicted octanol–water partition coefficient (Wildman–Crippen LogP) is 1.31. The molecule has 2 heterocycles. The summed E-state index contributed by atoms with van der Waals surface area (Å²) in [6, 6.07) is 9.32. The second-order valence-corrected chi connectivity index (χ2v) is 7.78. The average molecular weight is 388 g/mol. The van der Waals surface area contributed by atoms with Crippen molar-refractivity contribution in [2.45, 2.75) is 18.4 Å². The van der Waals surface area contributed by atoms with Gasteiger partial charge in [0.15, 0.2) is 17.3 Å². The Balaban J connectivity index is 1.59. The summed E-state index contributed by atoms with van der Waals surface area (Å²) < 4.78 is 43.4. The molecule has 27 heavy (non-hydrogen) atoms. The van der Waals surface area contributed by atoms with E-state index in [1.165, 1.54) is 25.1 Å². The molecule has 0 aliphatic carbocycles. The maximum absolute atomic E-state index is 12.6. The van der Waals surface area contributed by atoms with Gasteiger partial charge in [-0.1, -0.05) is 6.07 Å². The van der Waals surface area contributed by atoms with Crippen molar-refractivity contribution in [2.75, 3.05) is 6.79 Å². The molecule has 1 aliphatic rings. The molecule has 1 N–H and O–H groups in total. The Morgan fingerprint density at radius 3 is 2.70 bits per heavy atom. The molecule has 4 rings (SSSR count). The summed E-state index contributed by atoms with van der Waals surface area (Å²) in [6.45, 7) is 1.74. The van der Waals surface area contributed by atoms with Crippen LogP contribution in [0.3, 0.4) is 0 Å². The molecule has 1 aliphatic heterocycles. The second kappa shape index (κ2) is 6.29. The van der Waals surface area contributed by atoms with Crippen molar-refractivity contribution in [1.29, 1.82) is 0 Å². The second-order valence-electron chi connectivity index (χ2n) is 6.01. The van der Waals surface area contributed by atoms with E-state index < -0.39 is 16.0 Å². The van der Waals surface area contributed by atoms with Crippen LogP contribution < -0.4 is 19.3 Å². The lowest BCUT2D eigenvalue weighted by Gasteiger charge is -2.08. The predicted molar refractivity (Wildman–Crippen MR) is 91.9 cm³/mol. The van der Waals surface area contributed by atoms with E-state index in [2.05, 4.69) is 4.72 Å². The van der Waals surface area contributed by atoms with Gasteiger partial charge < -0.3 is 23.8 Å². The minimum atomic E-state index is -3.82. The van der Waals surface area contributed by atoms with Crippen LogP contribution in [0.5, 0.6) is 11.5 Å². The summed E-state index contributed by atoms with van der Waals surface area (Å²) in [6.07, 6.45) is 0. The number of carbonyl (C=O) groups excluding carboxylic acids is 1. The number of rotatable bonds is 5. The van der Waals surface area contributed by atoms with E-state index in [0.29, 0.717) is 28.0 Å². The van der Waals surface area contributed by atoms with E-state index in [1.807, 2.05) is 0 Å². The fraction of sp³-hybridized carbons (Fsp3) is 0.167. The first-order chi connectivity index (χ1) is 12.8. The van der Waals surface area contributed by atoms with E-state index in [-0.39, 0.29) is 29.6 Å². The first-order valence-corrected chi connectivity index (χ1v) is 9.46. The number of nitrogens with one attached hydrogen (secondary N) is 1. The summed E-state index contributed by atoms with van der Waals surface area (Å²) >= 11 is 0. The molecule has 0 radical (unpaired) electrons. The summed E-state index contributed by atoms with van der Waals surface area (Å²) in [5, 5.41) is 11.5. The van der Waals surface area contributed by atoms with Crippen molar-refractivity contribution in [3.8, 4) is 11.5 Å². The quantitative estimate of drug-likeness (QED) is 0.700. The van der Waals surface area contributed by atoms with Crippen LogP contribution in [-0.2, 0) is 16.6 Å². The van der Waals surface area contributed by atoms with E-state index in [0.717, 1.165) is 0 Å². The van der Waals surface area contributed by atoms with Gasteiger partial charge in [0.25, 0.3) is 0 Å². The maximum Gasteiger partial charge on any atom is 0.240 e. The molecular weight excluding hydrogens is 374 g/mol. The molecule has 1 aromatic heterocycles. The van der Waals surface area contributed by atoms with Gasteiger partial charge in [0.2, 0.25) is 16.8 Å². The Morgan fingerprint density at radius 1 is 1.15 bits per heavy atom. The Labute approximate surface area is 154 Å². The number of carboxylic acids is 1. The minimum absolute atomic E-state index is 0.00420. The van der Waals surface area contributed by atoms with Crippen LogP contribution in [0.4, 0.5) is 0 Å². The number of carboxylic acid groups (broad SMARTS) is 1. The van der Waals surface area contributed by atoms with E-state index in [9.17, 15) is 18.3 Å². The standard InChI is InChI=1S/C18H15NO7S/c1-10-13-7-12(3-5-14(13)26-17(10)18(20)21)27(22,23)19-8-11-2-4-15-16(6-11)25-9-24-15/h2-7,19H,8-9H2,1H3,(H,20,21)/p-1. The smallest absolute Gasteiger partial charge is 0.240 e. The van der Waals surface area contributed by atoms with Crippen LogP contribution >= 0.6 is 0 Å².